The van der Waals surface area contributed by atoms with Crippen LogP contribution in [0.4, 0.5) is 0 Å². The average molecular weight is 404 g/mol. The maximum atomic E-state index is 12.9. The first-order valence-corrected chi connectivity index (χ1v) is 11.2. The van der Waals surface area contributed by atoms with Crippen molar-refractivity contribution < 1.29 is 14.7 Å². The number of rotatable bonds is 9. The minimum Gasteiger partial charge on any atom is -0.396 e. The van der Waals surface area contributed by atoms with Gasteiger partial charge in [-0.1, -0.05) is 30.5 Å². The summed E-state index contributed by atoms with van der Waals surface area (Å²) < 4.78 is 1.01. The van der Waals surface area contributed by atoms with Crippen LogP contribution in [0.1, 0.15) is 52.2 Å². The fourth-order valence-corrected chi connectivity index (χ4v) is 5.38. The molecule has 0 atom stereocenters. The van der Waals surface area contributed by atoms with Gasteiger partial charge < -0.3 is 5.11 Å². The number of hydrogen-bond acceptors (Lipinski definition) is 6. The van der Waals surface area contributed by atoms with E-state index in [1.165, 1.54) is 11.3 Å². The lowest BCUT2D eigenvalue weighted by atomic mass is 9.90. The Labute approximate surface area is 168 Å². The van der Waals surface area contributed by atoms with Crippen LogP contribution in [0.15, 0.2) is 28.6 Å². The van der Waals surface area contributed by atoms with Crippen molar-refractivity contribution in [3.8, 4) is 0 Å². The highest BCUT2D eigenvalue weighted by molar-refractivity contribution is 8.01. The predicted octanol–water partition coefficient (Wildman–Crippen LogP) is 4.26. The van der Waals surface area contributed by atoms with Gasteiger partial charge in [0.15, 0.2) is 5.78 Å². The molecule has 27 heavy (non-hydrogen) atoms. The quantitative estimate of drug-likeness (QED) is 0.500. The van der Waals surface area contributed by atoms with Crippen LogP contribution in [0.25, 0.3) is 0 Å². The minimum atomic E-state index is 0.0763. The minimum absolute atomic E-state index is 0.0763. The van der Waals surface area contributed by atoms with Crippen molar-refractivity contribution in [3.05, 3.63) is 46.1 Å². The van der Waals surface area contributed by atoms with Gasteiger partial charge in [0.1, 0.15) is 10.8 Å². The molecule has 0 saturated heterocycles. The third-order valence-corrected chi connectivity index (χ3v) is 7.03. The molecular formula is C21H25NO3S2. The van der Waals surface area contributed by atoms with Gasteiger partial charge >= 0.3 is 0 Å². The van der Waals surface area contributed by atoms with Gasteiger partial charge in [-0.15, -0.1) is 23.1 Å². The maximum absolute atomic E-state index is 12.9. The Hall–Kier alpha value is -1.50. The zero-order valence-electron chi connectivity index (χ0n) is 15.6. The molecule has 0 radical (unpaired) electrons. The molecule has 1 N–H and O–H groups in total. The Morgan fingerprint density at radius 2 is 2.04 bits per heavy atom. The number of ketones is 2. The molecular weight excluding hydrogens is 378 g/mol. The van der Waals surface area contributed by atoms with Gasteiger partial charge in [0.05, 0.1) is 23.4 Å². The van der Waals surface area contributed by atoms with Crippen LogP contribution in [-0.2, 0) is 17.6 Å². The third kappa shape index (κ3) is 5.50. The summed E-state index contributed by atoms with van der Waals surface area (Å²) >= 11 is 3.04. The van der Waals surface area contributed by atoms with Crippen LogP contribution in [0.5, 0.6) is 0 Å². The third-order valence-electron chi connectivity index (χ3n) is 4.86. The van der Waals surface area contributed by atoms with Crippen molar-refractivity contribution in [3.63, 3.8) is 0 Å². The summed E-state index contributed by atoms with van der Waals surface area (Å²) in [5, 5.41) is 9.68. The van der Waals surface area contributed by atoms with Crippen molar-refractivity contribution in [2.75, 3.05) is 12.4 Å². The molecule has 1 aromatic carbocycles. The fraction of sp³-hybridized carbons (Fsp3) is 0.476. The van der Waals surface area contributed by atoms with Crippen molar-refractivity contribution in [1.82, 2.24) is 4.98 Å². The van der Waals surface area contributed by atoms with Gasteiger partial charge in [-0.25, -0.2) is 4.98 Å². The molecule has 1 saturated carbocycles. The van der Waals surface area contributed by atoms with E-state index >= 15 is 0 Å². The maximum Gasteiger partial charge on any atom is 0.166 e. The van der Waals surface area contributed by atoms with Crippen molar-refractivity contribution >= 4 is 34.7 Å². The molecule has 0 bridgehead atoms. The molecule has 1 aliphatic carbocycles. The Morgan fingerprint density at radius 1 is 1.26 bits per heavy atom. The van der Waals surface area contributed by atoms with Gasteiger partial charge in [0.25, 0.3) is 0 Å². The van der Waals surface area contributed by atoms with E-state index in [9.17, 15) is 9.59 Å². The molecule has 4 nitrogen and oxygen atoms in total. The van der Waals surface area contributed by atoms with E-state index in [1.54, 1.807) is 18.0 Å². The van der Waals surface area contributed by atoms with E-state index in [1.807, 2.05) is 25.1 Å². The molecule has 1 aromatic heterocycles. The lowest BCUT2D eigenvalue weighted by Gasteiger charge is -2.13. The molecule has 1 aliphatic rings. The zero-order valence-corrected chi connectivity index (χ0v) is 17.2. The molecule has 0 spiro atoms. The highest BCUT2D eigenvalue weighted by atomic mass is 32.2. The summed E-state index contributed by atoms with van der Waals surface area (Å²) in [6, 6.07) is 5.84. The predicted molar refractivity (Wildman–Crippen MR) is 110 cm³/mol. The zero-order chi connectivity index (χ0) is 19.2. The number of thiazole rings is 1. The lowest BCUT2D eigenvalue weighted by molar-refractivity contribution is -0.117. The second-order valence-corrected chi connectivity index (χ2v) is 9.55. The molecule has 2 aromatic rings. The second kappa shape index (κ2) is 9.62. The smallest absolute Gasteiger partial charge is 0.166 e. The standard InChI is InChI=1S/C21H25NO3S2/c1-14-6-7-16(18(10-14)21(25)15-4-2-3-5-15)11-17(24)12-19-22-13-20(27-19)26-9-8-23/h6-7,10,13,15,23H,2-5,8-9,11-12H2,1H3. The van der Waals surface area contributed by atoms with Gasteiger partial charge in [0.2, 0.25) is 0 Å². The summed E-state index contributed by atoms with van der Waals surface area (Å²) in [5.41, 5.74) is 2.63. The van der Waals surface area contributed by atoms with Crippen molar-refractivity contribution in [2.24, 2.45) is 5.92 Å². The number of carbonyl (C=O) groups is 2. The largest absolute Gasteiger partial charge is 0.396 e. The molecule has 0 amide bonds. The van der Waals surface area contributed by atoms with E-state index in [4.69, 9.17) is 5.11 Å². The number of carbonyl (C=O) groups excluding carboxylic acids is 2. The summed E-state index contributed by atoms with van der Waals surface area (Å²) in [7, 11) is 0. The van der Waals surface area contributed by atoms with Crippen LogP contribution in [-0.4, -0.2) is 34.0 Å². The number of hydrogen-bond donors (Lipinski definition) is 1. The number of aliphatic hydroxyl groups is 1. The Balaban J connectivity index is 1.68. The Bertz CT molecular complexity index is 810. The van der Waals surface area contributed by atoms with E-state index in [0.29, 0.717) is 5.75 Å². The number of benzene rings is 1. The van der Waals surface area contributed by atoms with Gasteiger partial charge in [0, 0.05) is 23.7 Å². The average Bonchev–Trinajstić information content (AvgIpc) is 3.33. The first kappa shape index (κ1) is 20.2. The molecule has 3 rings (SSSR count). The first-order chi connectivity index (χ1) is 13.1. The number of thioether (sulfide) groups is 1. The molecule has 144 valence electrons. The van der Waals surface area contributed by atoms with Crippen LogP contribution < -0.4 is 0 Å². The van der Waals surface area contributed by atoms with Crippen LogP contribution in [0, 0.1) is 12.8 Å². The fourth-order valence-electron chi connectivity index (χ4n) is 3.51. The van der Waals surface area contributed by atoms with Crippen LogP contribution in [0.2, 0.25) is 0 Å². The topological polar surface area (TPSA) is 67.3 Å². The van der Waals surface area contributed by atoms with Gasteiger partial charge in [-0.2, -0.15) is 0 Å². The van der Waals surface area contributed by atoms with E-state index < -0.39 is 0 Å². The Morgan fingerprint density at radius 3 is 2.78 bits per heavy atom. The van der Waals surface area contributed by atoms with E-state index in [2.05, 4.69) is 4.98 Å². The Kier molecular flexibility index (Phi) is 7.21. The second-order valence-electron chi connectivity index (χ2n) is 7.04. The van der Waals surface area contributed by atoms with Crippen LogP contribution >= 0.6 is 23.1 Å². The summed E-state index contributed by atoms with van der Waals surface area (Å²) in [5.74, 6) is 1.03. The van der Waals surface area contributed by atoms with Gasteiger partial charge in [-0.05, 0) is 31.4 Å². The molecule has 6 heteroatoms. The SMILES string of the molecule is Cc1ccc(CC(=O)Cc2ncc(SCCO)s2)c(C(=O)C2CCCC2)c1. The van der Waals surface area contributed by atoms with Crippen LogP contribution in [0.3, 0.4) is 0 Å². The first-order valence-electron chi connectivity index (χ1n) is 9.40. The molecule has 0 unspecified atom stereocenters. The number of nitrogens with zero attached hydrogens (tertiary/aromatic N) is 1. The molecule has 1 fully saturated rings. The number of aromatic nitrogens is 1. The highest BCUT2D eigenvalue weighted by Gasteiger charge is 2.26. The molecule has 0 aliphatic heterocycles. The van der Waals surface area contributed by atoms with Crippen molar-refractivity contribution in [1.29, 1.82) is 0 Å². The molecule has 1 heterocycles. The normalized spacial score (nSPS) is 14.6. The van der Waals surface area contributed by atoms with E-state index in [0.717, 1.165) is 51.6 Å². The monoisotopic (exact) mass is 403 g/mol. The highest BCUT2D eigenvalue weighted by Crippen LogP contribution is 2.30. The summed E-state index contributed by atoms with van der Waals surface area (Å²) in [6.45, 7) is 2.11. The number of aliphatic hydroxyl groups excluding tert-OH is 1. The lowest BCUT2D eigenvalue weighted by Crippen LogP contribution is -2.16. The summed E-state index contributed by atoms with van der Waals surface area (Å²) in [6.07, 6.45) is 6.49. The number of aryl methyl sites for hydroxylation is 1. The number of Topliss-reactive ketones (excluding diaryl/α,β-unsaturated/α-hetero) is 2. The van der Waals surface area contributed by atoms with Gasteiger partial charge in [-0.3, -0.25) is 9.59 Å². The van der Waals surface area contributed by atoms with Crippen molar-refractivity contribution in [2.45, 2.75) is 49.7 Å². The summed E-state index contributed by atoms with van der Waals surface area (Å²) in [4.78, 5) is 29.8. The van der Waals surface area contributed by atoms with E-state index in [-0.39, 0.29) is 36.9 Å².